The van der Waals surface area contributed by atoms with Crippen LogP contribution in [0.15, 0.2) is 24.4 Å². The van der Waals surface area contributed by atoms with Crippen LogP contribution in [-0.2, 0) is 4.79 Å². The Labute approximate surface area is 160 Å². The molecule has 142 valence electrons. The van der Waals surface area contributed by atoms with Gasteiger partial charge in [0.2, 0.25) is 5.91 Å². The highest BCUT2D eigenvalue weighted by Gasteiger charge is 2.26. The maximum atomic E-state index is 12.4. The predicted molar refractivity (Wildman–Crippen MR) is 106 cm³/mol. The maximum Gasteiger partial charge on any atom is 0.236 e. The van der Waals surface area contributed by atoms with E-state index in [2.05, 4.69) is 28.1 Å². The number of hydrogen-bond acceptors (Lipinski definition) is 4. The quantitative estimate of drug-likeness (QED) is 0.835. The molecule has 2 saturated heterocycles. The maximum absolute atomic E-state index is 12.4. The minimum atomic E-state index is 0.311. The van der Waals surface area contributed by atoms with Gasteiger partial charge in [-0.1, -0.05) is 0 Å². The van der Waals surface area contributed by atoms with Crippen LogP contribution in [0.3, 0.4) is 0 Å². The molecule has 2 aromatic rings. The Morgan fingerprint density at radius 1 is 1.00 bits per heavy atom. The Hall–Kier alpha value is -2.01. The fourth-order valence-electron chi connectivity index (χ4n) is 4.55. The fourth-order valence-corrected chi connectivity index (χ4v) is 4.55. The first kappa shape index (κ1) is 17.1. The lowest BCUT2D eigenvalue weighted by atomic mass is 9.92. The molecule has 0 spiro atoms. The topological polar surface area (TPSA) is 49.3 Å². The third-order valence-electron chi connectivity index (χ3n) is 6.46. The number of fused-ring (bicyclic) bond motifs is 1. The van der Waals surface area contributed by atoms with Gasteiger partial charge in [0.05, 0.1) is 6.54 Å². The van der Waals surface area contributed by atoms with Gasteiger partial charge in [0.1, 0.15) is 0 Å². The monoisotopic (exact) mass is 364 g/mol. The average Bonchev–Trinajstić information content (AvgIpc) is 3.41. The van der Waals surface area contributed by atoms with Gasteiger partial charge in [0.15, 0.2) is 5.65 Å². The van der Waals surface area contributed by atoms with Crippen LogP contribution in [-0.4, -0.2) is 58.4 Å². The molecule has 1 saturated carbocycles. The highest BCUT2D eigenvalue weighted by atomic mass is 16.2. The molecule has 5 heteroatoms. The zero-order valence-corrected chi connectivity index (χ0v) is 15.9. The van der Waals surface area contributed by atoms with Gasteiger partial charge in [-0.3, -0.25) is 9.69 Å². The first-order valence-electron chi connectivity index (χ1n) is 10.5. The van der Waals surface area contributed by atoms with Crippen molar-refractivity contribution in [3.8, 4) is 0 Å². The molecule has 0 radical (unpaired) electrons. The molecular formula is C22H28N4O. The molecule has 3 aliphatic rings. The van der Waals surface area contributed by atoms with Gasteiger partial charge in [-0.25, -0.2) is 9.97 Å². The van der Waals surface area contributed by atoms with E-state index in [1.54, 1.807) is 0 Å². The van der Waals surface area contributed by atoms with Crippen LogP contribution in [0.4, 0.5) is 0 Å². The number of aromatic nitrogens is 2. The molecule has 1 amide bonds. The number of carbonyl (C=O) groups is 1. The summed E-state index contributed by atoms with van der Waals surface area (Å²) in [5, 5.41) is 1.16. The molecule has 27 heavy (non-hydrogen) atoms. The van der Waals surface area contributed by atoms with E-state index in [-0.39, 0.29) is 0 Å². The van der Waals surface area contributed by atoms with E-state index in [9.17, 15) is 4.79 Å². The number of nitrogens with zero attached hydrogens (tertiary/aromatic N) is 4. The van der Waals surface area contributed by atoms with Crippen LogP contribution in [0.2, 0.25) is 0 Å². The number of likely N-dealkylation sites (tertiary alicyclic amines) is 2. The third-order valence-corrected chi connectivity index (χ3v) is 6.46. The van der Waals surface area contributed by atoms with Gasteiger partial charge in [-0.15, -0.1) is 0 Å². The van der Waals surface area contributed by atoms with Gasteiger partial charge < -0.3 is 4.90 Å². The SMILES string of the molecule is O=C(CN1CCC(c2ccc3cc(C4CC4)cnc3n2)CC1)N1CCCC1. The second-order valence-electron chi connectivity index (χ2n) is 8.46. The Morgan fingerprint density at radius 2 is 1.78 bits per heavy atom. The van der Waals surface area contributed by atoms with E-state index >= 15 is 0 Å². The van der Waals surface area contributed by atoms with Crippen molar-refractivity contribution in [3.05, 3.63) is 35.7 Å². The molecule has 3 fully saturated rings. The van der Waals surface area contributed by atoms with Crippen molar-refractivity contribution in [3.63, 3.8) is 0 Å². The van der Waals surface area contributed by atoms with Crippen LogP contribution < -0.4 is 0 Å². The third kappa shape index (κ3) is 3.70. The minimum Gasteiger partial charge on any atom is -0.342 e. The smallest absolute Gasteiger partial charge is 0.236 e. The second-order valence-corrected chi connectivity index (χ2v) is 8.46. The van der Waals surface area contributed by atoms with E-state index in [1.807, 2.05) is 11.1 Å². The number of carbonyl (C=O) groups excluding carboxylic acids is 1. The molecule has 2 aliphatic heterocycles. The fraction of sp³-hybridized carbons (Fsp3) is 0.591. The number of piperidine rings is 1. The molecule has 0 aromatic carbocycles. The van der Waals surface area contributed by atoms with Crippen LogP contribution >= 0.6 is 0 Å². The molecule has 0 N–H and O–H groups in total. The Kier molecular flexibility index (Phi) is 4.56. The molecule has 1 aliphatic carbocycles. The lowest BCUT2D eigenvalue weighted by molar-refractivity contribution is -0.131. The molecule has 0 unspecified atom stereocenters. The van der Waals surface area contributed by atoms with E-state index in [0.29, 0.717) is 18.4 Å². The Morgan fingerprint density at radius 3 is 2.52 bits per heavy atom. The van der Waals surface area contributed by atoms with Crippen molar-refractivity contribution in [2.24, 2.45) is 0 Å². The Bertz CT molecular complexity index is 833. The van der Waals surface area contributed by atoms with Crippen molar-refractivity contribution >= 4 is 16.9 Å². The van der Waals surface area contributed by atoms with Crippen LogP contribution in [0.25, 0.3) is 11.0 Å². The Balaban J connectivity index is 1.21. The number of hydrogen-bond donors (Lipinski definition) is 0. The summed E-state index contributed by atoms with van der Waals surface area (Å²) in [4.78, 5) is 26.2. The van der Waals surface area contributed by atoms with Gasteiger partial charge in [0.25, 0.3) is 0 Å². The first-order valence-corrected chi connectivity index (χ1v) is 10.5. The van der Waals surface area contributed by atoms with Crippen molar-refractivity contribution in [1.82, 2.24) is 19.8 Å². The van der Waals surface area contributed by atoms with E-state index in [0.717, 1.165) is 68.8 Å². The molecule has 4 heterocycles. The summed E-state index contributed by atoms with van der Waals surface area (Å²) in [6.07, 6.45) is 9.10. The normalized spacial score (nSPS) is 21.9. The van der Waals surface area contributed by atoms with Gasteiger partial charge >= 0.3 is 0 Å². The van der Waals surface area contributed by atoms with E-state index in [1.165, 1.54) is 24.1 Å². The summed E-state index contributed by atoms with van der Waals surface area (Å²) in [6, 6.07) is 6.65. The van der Waals surface area contributed by atoms with Gasteiger partial charge in [-0.05, 0) is 81.3 Å². The molecule has 5 rings (SSSR count). The molecule has 0 bridgehead atoms. The second kappa shape index (κ2) is 7.19. The standard InChI is InChI=1S/C22H28N4O/c27-21(26-9-1-2-10-26)15-25-11-7-17(8-12-25)20-6-5-18-13-19(16-3-4-16)14-23-22(18)24-20/h5-6,13-14,16-17H,1-4,7-12,15H2. The summed E-state index contributed by atoms with van der Waals surface area (Å²) in [6.45, 7) is 4.46. The molecule has 2 aromatic heterocycles. The number of rotatable bonds is 4. The van der Waals surface area contributed by atoms with Gasteiger partial charge in [0, 0.05) is 36.3 Å². The number of amides is 1. The zero-order chi connectivity index (χ0) is 18.2. The highest BCUT2D eigenvalue weighted by molar-refractivity contribution is 5.78. The summed E-state index contributed by atoms with van der Waals surface area (Å²) in [7, 11) is 0. The highest BCUT2D eigenvalue weighted by Crippen LogP contribution is 2.40. The number of pyridine rings is 2. The first-order chi connectivity index (χ1) is 13.3. The van der Waals surface area contributed by atoms with Gasteiger partial charge in [-0.2, -0.15) is 0 Å². The molecular weight excluding hydrogens is 336 g/mol. The minimum absolute atomic E-state index is 0.311. The van der Waals surface area contributed by atoms with Crippen LogP contribution in [0, 0.1) is 0 Å². The lowest BCUT2D eigenvalue weighted by Crippen LogP contribution is -2.42. The van der Waals surface area contributed by atoms with Crippen molar-refractivity contribution < 1.29 is 4.79 Å². The predicted octanol–water partition coefficient (Wildman–Crippen LogP) is 3.31. The molecule has 5 nitrogen and oxygen atoms in total. The largest absolute Gasteiger partial charge is 0.342 e. The van der Waals surface area contributed by atoms with Crippen LogP contribution in [0.1, 0.15) is 61.6 Å². The van der Waals surface area contributed by atoms with E-state index in [4.69, 9.17) is 4.98 Å². The van der Waals surface area contributed by atoms with Crippen molar-refractivity contribution in [1.29, 1.82) is 0 Å². The average molecular weight is 364 g/mol. The van der Waals surface area contributed by atoms with E-state index < -0.39 is 0 Å². The van der Waals surface area contributed by atoms with Crippen LogP contribution in [0.5, 0.6) is 0 Å². The summed E-state index contributed by atoms with van der Waals surface area (Å²) in [5.74, 6) is 1.53. The summed E-state index contributed by atoms with van der Waals surface area (Å²) >= 11 is 0. The molecule has 0 atom stereocenters. The zero-order valence-electron chi connectivity index (χ0n) is 15.9. The lowest BCUT2D eigenvalue weighted by Gasteiger charge is -2.32. The summed E-state index contributed by atoms with van der Waals surface area (Å²) < 4.78 is 0. The van der Waals surface area contributed by atoms with Crippen molar-refractivity contribution in [2.45, 2.75) is 50.4 Å². The van der Waals surface area contributed by atoms with Crippen molar-refractivity contribution in [2.75, 3.05) is 32.7 Å². The summed E-state index contributed by atoms with van der Waals surface area (Å²) in [5.41, 5.74) is 3.41.